The summed E-state index contributed by atoms with van der Waals surface area (Å²) < 4.78 is 0. The molecule has 3 aliphatic rings. The second kappa shape index (κ2) is 9.90. The summed E-state index contributed by atoms with van der Waals surface area (Å²) >= 11 is 0. The molecule has 0 heterocycles. The van der Waals surface area contributed by atoms with E-state index in [1.165, 1.54) is 38.5 Å². The average molecular weight is 461 g/mol. The van der Waals surface area contributed by atoms with Gasteiger partial charge in [-0.15, -0.1) is 6.42 Å². The first kappa shape index (κ1) is 32.6. The molecule has 0 heteroatoms. The van der Waals surface area contributed by atoms with Gasteiger partial charge in [-0.2, -0.15) is 0 Å². The Morgan fingerprint density at radius 1 is 0.455 bits per heavy atom. The minimum atomic E-state index is 0.257. The van der Waals surface area contributed by atoms with Crippen LogP contribution in [0.3, 0.4) is 0 Å². The van der Waals surface area contributed by atoms with Crippen molar-refractivity contribution in [1.29, 1.82) is 0 Å². The number of terminal acetylenes is 1. The maximum absolute atomic E-state index is 5.40. The van der Waals surface area contributed by atoms with E-state index in [4.69, 9.17) is 6.42 Å². The quantitative estimate of drug-likeness (QED) is 0.315. The minimum Gasteiger partial charge on any atom is -0.119 e. The third kappa shape index (κ3) is 9.61. The standard InChI is InChI=1S/C9H14.2C8H16.C8H18/c1-5-9(6-7-9)8(2,3)4;2*1-7(2,3)8(4)5-6-8;1-7(2,3)8(4,5)6/h1H,6-7H2,2-4H3;2*5-6H2,1-4H3;1-6H3. The molecule has 0 aliphatic heterocycles. The Morgan fingerprint density at radius 2 is 0.697 bits per heavy atom. The zero-order chi connectivity index (χ0) is 26.9. The van der Waals surface area contributed by atoms with E-state index in [1.54, 1.807) is 0 Å². The Morgan fingerprint density at radius 3 is 0.697 bits per heavy atom. The highest BCUT2D eigenvalue weighted by Crippen LogP contribution is 2.59. The van der Waals surface area contributed by atoms with Crippen LogP contribution in [-0.4, -0.2) is 0 Å². The molecule has 3 fully saturated rings. The van der Waals surface area contributed by atoms with E-state index in [0.717, 1.165) is 0 Å². The first-order valence-electron chi connectivity index (χ1n) is 13.7. The lowest BCUT2D eigenvalue weighted by molar-refractivity contribution is 0.157. The molecule has 33 heavy (non-hydrogen) atoms. The molecule has 0 nitrogen and oxygen atoms in total. The van der Waals surface area contributed by atoms with Crippen LogP contribution in [0.25, 0.3) is 0 Å². The Labute approximate surface area is 211 Å². The van der Waals surface area contributed by atoms with Crippen molar-refractivity contribution in [3.63, 3.8) is 0 Å². The fourth-order valence-electron chi connectivity index (χ4n) is 3.11. The summed E-state index contributed by atoms with van der Waals surface area (Å²) in [5.41, 5.74) is 3.93. The molecule has 0 spiro atoms. The molecule has 0 bridgehead atoms. The lowest BCUT2D eigenvalue weighted by Crippen LogP contribution is -2.25. The van der Waals surface area contributed by atoms with Crippen LogP contribution in [0.4, 0.5) is 0 Å². The van der Waals surface area contributed by atoms with Crippen LogP contribution in [-0.2, 0) is 0 Å². The summed E-state index contributed by atoms with van der Waals surface area (Å²) in [5, 5.41) is 0. The number of rotatable bonds is 0. The third-order valence-electron chi connectivity index (χ3n) is 10.3. The number of hydrogen-bond donors (Lipinski definition) is 0. The zero-order valence-electron chi connectivity index (χ0n) is 26.3. The van der Waals surface area contributed by atoms with Crippen molar-refractivity contribution in [2.75, 3.05) is 0 Å². The predicted molar refractivity (Wildman–Crippen MR) is 152 cm³/mol. The van der Waals surface area contributed by atoms with Crippen LogP contribution in [0.1, 0.15) is 156 Å². The molecule has 3 aliphatic carbocycles. The summed E-state index contributed by atoms with van der Waals surface area (Å²) in [5.74, 6) is 2.89. The van der Waals surface area contributed by atoms with E-state index < -0.39 is 0 Å². The summed E-state index contributed by atoms with van der Waals surface area (Å²) in [7, 11) is 0. The largest absolute Gasteiger partial charge is 0.119 e. The Hall–Kier alpha value is -0.440. The third-order valence-corrected chi connectivity index (χ3v) is 10.3. The first-order chi connectivity index (χ1) is 14.2. The highest BCUT2D eigenvalue weighted by molar-refractivity contribution is 5.19. The van der Waals surface area contributed by atoms with Gasteiger partial charge in [0.2, 0.25) is 0 Å². The van der Waals surface area contributed by atoms with Gasteiger partial charge in [0.05, 0.1) is 0 Å². The maximum Gasteiger partial charge on any atom is 0.0361 e. The highest BCUT2D eigenvalue weighted by Gasteiger charge is 2.50. The van der Waals surface area contributed by atoms with Crippen LogP contribution >= 0.6 is 0 Å². The van der Waals surface area contributed by atoms with Gasteiger partial charge in [-0.1, -0.05) is 124 Å². The Bertz CT molecular complexity index is 561. The van der Waals surface area contributed by atoms with Gasteiger partial charge in [0.1, 0.15) is 0 Å². The van der Waals surface area contributed by atoms with Crippen molar-refractivity contribution in [2.24, 2.45) is 43.3 Å². The SMILES string of the molecule is C#CC1(C(C)(C)C)CC1.CC(C)(C)C(C)(C)C.CC(C)(C)C1(C)CC1.CC(C)(C)C1(C)CC1. The molecule has 0 aromatic rings. The molecule has 0 N–H and O–H groups in total. The molecule has 0 aromatic carbocycles. The van der Waals surface area contributed by atoms with E-state index in [0.29, 0.717) is 37.9 Å². The van der Waals surface area contributed by atoms with Gasteiger partial charge in [-0.3, -0.25) is 0 Å². The topological polar surface area (TPSA) is 0 Å². The van der Waals surface area contributed by atoms with E-state index in [2.05, 4.69) is 124 Å². The summed E-state index contributed by atoms with van der Waals surface area (Å²) in [6.45, 7) is 39.1. The van der Waals surface area contributed by atoms with Crippen LogP contribution in [0.15, 0.2) is 0 Å². The molecule has 3 rings (SSSR count). The van der Waals surface area contributed by atoms with Crippen molar-refractivity contribution < 1.29 is 0 Å². The van der Waals surface area contributed by atoms with Gasteiger partial charge in [0, 0.05) is 5.41 Å². The van der Waals surface area contributed by atoms with Gasteiger partial charge >= 0.3 is 0 Å². The minimum absolute atomic E-state index is 0.257. The molecule has 0 atom stereocenters. The molecular weight excluding hydrogens is 396 g/mol. The van der Waals surface area contributed by atoms with Crippen LogP contribution in [0.5, 0.6) is 0 Å². The highest BCUT2D eigenvalue weighted by atomic mass is 14.5. The molecular formula is C33H64. The summed E-state index contributed by atoms with van der Waals surface area (Å²) in [6, 6.07) is 0. The van der Waals surface area contributed by atoms with Crippen molar-refractivity contribution in [3.8, 4) is 12.3 Å². The Kier molecular flexibility index (Phi) is 9.77. The second-order valence-corrected chi connectivity index (χ2v) is 17.1. The lowest BCUT2D eigenvalue weighted by Gasteiger charge is -2.34. The summed E-state index contributed by atoms with van der Waals surface area (Å²) in [6.07, 6.45) is 13.6. The smallest absolute Gasteiger partial charge is 0.0361 e. The molecule has 0 saturated heterocycles. The molecule has 3 saturated carbocycles. The van der Waals surface area contributed by atoms with Gasteiger partial charge in [-0.25, -0.2) is 0 Å². The lowest BCUT2D eigenvalue weighted by atomic mass is 9.71. The van der Waals surface area contributed by atoms with Crippen molar-refractivity contribution in [2.45, 2.75) is 156 Å². The van der Waals surface area contributed by atoms with Crippen molar-refractivity contribution in [3.05, 3.63) is 0 Å². The fraction of sp³-hybridized carbons (Fsp3) is 0.939. The van der Waals surface area contributed by atoms with Crippen LogP contribution in [0, 0.1) is 55.7 Å². The Balaban J connectivity index is 0.000000414. The van der Waals surface area contributed by atoms with Gasteiger partial charge in [0.25, 0.3) is 0 Å². The first-order valence-corrected chi connectivity index (χ1v) is 13.7. The number of hydrogen-bond acceptors (Lipinski definition) is 0. The molecule has 0 amide bonds. The fourth-order valence-corrected chi connectivity index (χ4v) is 3.11. The molecule has 0 unspecified atom stereocenters. The van der Waals surface area contributed by atoms with Crippen molar-refractivity contribution in [1.82, 2.24) is 0 Å². The maximum atomic E-state index is 5.40. The van der Waals surface area contributed by atoms with Crippen LogP contribution in [0.2, 0.25) is 0 Å². The van der Waals surface area contributed by atoms with Gasteiger partial charge in [-0.05, 0) is 76.4 Å². The summed E-state index contributed by atoms with van der Waals surface area (Å²) in [4.78, 5) is 0. The van der Waals surface area contributed by atoms with Gasteiger partial charge in [0.15, 0.2) is 0 Å². The van der Waals surface area contributed by atoms with E-state index >= 15 is 0 Å². The molecule has 0 radical (unpaired) electrons. The van der Waals surface area contributed by atoms with Crippen molar-refractivity contribution >= 4 is 0 Å². The predicted octanol–water partition coefficient (Wildman–Crippen LogP) is 11.2. The van der Waals surface area contributed by atoms with E-state index in [-0.39, 0.29) is 5.41 Å². The normalized spacial score (nSPS) is 22.1. The van der Waals surface area contributed by atoms with E-state index in [1.807, 2.05) is 0 Å². The monoisotopic (exact) mass is 461 g/mol. The average Bonchev–Trinajstić information content (AvgIpc) is 3.40. The molecule has 196 valence electrons. The van der Waals surface area contributed by atoms with Crippen LogP contribution < -0.4 is 0 Å². The van der Waals surface area contributed by atoms with Gasteiger partial charge < -0.3 is 0 Å². The zero-order valence-corrected chi connectivity index (χ0v) is 26.3. The van der Waals surface area contributed by atoms with E-state index in [9.17, 15) is 0 Å². The second-order valence-electron chi connectivity index (χ2n) is 17.1. The molecule has 0 aromatic heterocycles.